The first-order chi connectivity index (χ1) is 12.0. The fourth-order valence-corrected chi connectivity index (χ4v) is 2.59. The summed E-state index contributed by atoms with van der Waals surface area (Å²) in [6.45, 7) is 6.34. The second kappa shape index (κ2) is 21.4. The van der Waals surface area contributed by atoms with Crippen molar-refractivity contribution in [1.29, 1.82) is 0 Å². The van der Waals surface area contributed by atoms with E-state index in [1.807, 2.05) is 0 Å². The van der Waals surface area contributed by atoms with Crippen LogP contribution in [0.15, 0.2) is 0 Å². The molecule has 0 aliphatic carbocycles. The van der Waals surface area contributed by atoms with Crippen LogP contribution in [0.4, 0.5) is 0 Å². The van der Waals surface area contributed by atoms with Crippen LogP contribution in [0.2, 0.25) is 0 Å². The fourth-order valence-electron chi connectivity index (χ4n) is 2.59. The molecule has 0 fully saturated rings. The second-order valence-corrected chi connectivity index (χ2v) is 7.39. The van der Waals surface area contributed by atoms with Crippen LogP contribution in [0.5, 0.6) is 0 Å². The number of aliphatic hydroxyl groups excluding tert-OH is 1. The van der Waals surface area contributed by atoms with E-state index in [2.05, 4.69) is 12.7 Å². The lowest BCUT2D eigenvalue weighted by Gasteiger charge is -2.11. The van der Waals surface area contributed by atoms with E-state index in [1.54, 1.807) is 13.8 Å². The summed E-state index contributed by atoms with van der Waals surface area (Å²) < 4.78 is 0. The molecule has 0 radical (unpaired) electrons. The minimum Gasteiger partial charge on any atom is -0.550 e. The van der Waals surface area contributed by atoms with Crippen molar-refractivity contribution in [3.8, 4) is 0 Å². The van der Waals surface area contributed by atoms with Crippen LogP contribution in [-0.2, 0) is 4.79 Å². The Balaban J connectivity index is 0. The number of rotatable bonds is 16. The van der Waals surface area contributed by atoms with Crippen LogP contribution < -0.4 is 10.8 Å². The lowest BCUT2D eigenvalue weighted by atomic mass is 10.0. The number of carbonyl (C=O) groups excluding carboxylic acids is 1. The second-order valence-electron chi connectivity index (χ2n) is 7.39. The summed E-state index contributed by atoms with van der Waals surface area (Å²) in [5.41, 5.74) is 3.44. The molecule has 2 unspecified atom stereocenters. The van der Waals surface area contributed by atoms with E-state index < -0.39 is 5.97 Å². The van der Waals surface area contributed by atoms with Crippen molar-refractivity contribution in [3.05, 3.63) is 0 Å². The Hall–Kier alpha value is -0.610. The van der Waals surface area contributed by atoms with Gasteiger partial charge in [0.15, 0.2) is 0 Å². The largest absolute Gasteiger partial charge is 0.550 e. The quantitative estimate of drug-likeness (QED) is 0.414. The highest BCUT2D eigenvalue weighted by Gasteiger charge is 2.01. The summed E-state index contributed by atoms with van der Waals surface area (Å²) in [4.78, 5) is 10.5. The zero-order valence-corrected chi connectivity index (χ0v) is 17.2. The molecule has 0 aliphatic rings. The summed E-state index contributed by atoms with van der Waals surface area (Å²) in [6.07, 6.45) is 17.9. The van der Waals surface area contributed by atoms with Crippen molar-refractivity contribution >= 4 is 5.97 Å². The van der Waals surface area contributed by atoms with Crippen molar-refractivity contribution in [2.24, 2.45) is 5.92 Å². The smallest absolute Gasteiger partial charge is 0.100 e. The maximum absolute atomic E-state index is 10.5. The highest BCUT2D eigenvalue weighted by Crippen LogP contribution is 2.14. The van der Waals surface area contributed by atoms with Gasteiger partial charge < -0.3 is 20.7 Å². The normalized spacial score (nSPS) is 13.0. The molecule has 0 heterocycles. The average Bonchev–Trinajstić information content (AvgIpc) is 2.59. The number of carbonyl (C=O) groups is 1. The molecule has 0 aromatic rings. The van der Waals surface area contributed by atoms with Crippen molar-refractivity contribution in [2.75, 3.05) is 6.54 Å². The Kier molecular flexibility index (Phi) is 22.8. The van der Waals surface area contributed by atoms with Gasteiger partial charge in [-0.15, -0.1) is 0 Å². The molecule has 0 amide bonds. The first-order valence-corrected chi connectivity index (χ1v) is 10.6. The van der Waals surface area contributed by atoms with Crippen molar-refractivity contribution in [2.45, 2.75) is 117 Å². The summed E-state index contributed by atoms with van der Waals surface area (Å²) in [7, 11) is 0. The summed E-state index contributed by atoms with van der Waals surface area (Å²) >= 11 is 0. The highest BCUT2D eigenvalue weighted by atomic mass is 16.4. The molecule has 4 nitrogen and oxygen atoms in total. The predicted molar refractivity (Wildman–Crippen MR) is 104 cm³/mol. The van der Waals surface area contributed by atoms with Crippen LogP contribution in [0, 0.1) is 5.92 Å². The standard InChI is InChI=1S/C18H36O2.C3H9NO/c1-3-4-5-6-7-8-9-10-11-12-13-14-15-16-17(2)18(19)20;1-3(5)2-4/h17H,3-16H2,1-2H3,(H,19,20);3,5H,2,4H2,1H3. The molecule has 0 rings (SSSR count). The molecule has 0 aromatic carbocycles. The van der Waals surface area contributed by atoms with Gasteiger partial charge in [0.1, 0.15) is 6.54 Å². The van der Waals surface area contributed by atoms with Gasteiger partial charge in [0.05, 0.1) is 6.10 Å². The topological polar surface area (TPSA) is 88.0 Å². The van der Waals surface area contributed by atoms with E-state index in [0.29, 0.717) is 6.54 Å². The van der Waals surface area contributed by atoms with E-state index in [-0.39, 0.29) is 12.0 Å². The molecule has 0 aliphatic heterocycles. The third-order valence-electron chi connectivity index (χ3n) is 4.56. The molecule has 0 bridgehead atoms. The molecular weight excluding hydrogens is 314 g/mol. The minimum absolute atomic E-state index is 0.227. The number of carboxylic acid groups (broad SMARTS) is 1. The molecule has 152 valence electrons. The minimum atomic E-state index is -0.899. The number of aliphatic carboxylic acids is 1. The van der Waals surface area contributed by atoms with E-state index in [4.69, 9.17) is 5.11 Å². The third kappa shape index (κ3) is 25.7. The summed E-state index contributed by atoms with van der Waals surface area (Å²) in [6, 6.07) is 0. The summed E-state index contributed by atoms with van der Waals surface area (Å²) in [5.74, 6) is -1.17. The molecule has 25 heavy (non-hydrogen) atoms. The van der Waals surface area contributed by atoms with Gasteiger partial charge in [0.2, 0.25) is 0 Å². The van der Waals surface area contributed by atoms with Crippen molar-refractivity contribution < 1.29 is 20.7 Å². The van der Waals surface area contributed by atoms with Crippen molar-refractivity contribution in [3.63, 3.8) is 0 Å². The van der Waals surface area contributed by atoms with Crippen LogP contribution >= 0.6 is 0 Å². The number of quaternary nitrogens is 1. The third-order valence-corrected chi connectivity index (χ3v) is 4.56. The molecule has 4 heteroatoms. The Morgan fingerprint density at radius 3 is 1.44 bits per heavy atom. The van der Waals surface area contributed by atoms with Gasteiger partial charge in [0, 0.05) is 5.97 Å². The average molecular weight is 360 g/mol. The molecule has 2 atom stereocenters. The summed E-state index contributed by atoms with van der Waals surface area (Å²) in [5, 5.41) is 18.8. The number of aliphatic hydroxyl groups is 1. The van der Waals surface area contributed by atoms with Crippen LogP contribution in [0.3, 0.4) is 0 Å². The van der Waals surface area contributed by atoms with Crippen molar-refractivity contribution in [1.82, 2.24) is 0 Å². The highest BCUT2D eigenvalue weighted by molar-refractivity contribution is 5.66. The molecule has 0 saturated heterocycles. The lowest BCUT2D eigenvalue weighted by Crippen LogP contribution is -2.54. The van der Waals surface area contributed by atoms with Gasteiger partial charge in [-0.05, 0) is 19.3 Å². The first-order valence-electron chi connectivity index (χ1n) is 10.6. The Bertz CT molecular complexity index is 270. The van der Waals surface area contributed by atoms with Gasteiger partial charge in [0.25, 0.3) is 0 Å². The molecule has 0 spiro atoms. The monoisotopic (exact) mass is 359 g/mol. The van der Waals surface area contributed by atoms with Crippen LogP contribution in [0.25, 0.3) is 0 Å². The van der Waals surface area contributed by atoms with Crippen LogP contribution in [-0.4, -0.2) is 23.7 Å². The van der Waals surface area contributed by atoms with E-state index >= 15 is 0 Å². The van der Waals surface area contributed by atoms with Gasteiger partial charge in [-0.25, -0.2) is 0 Å². The van der Waals surface area contributed by atoms with E-state index in [0.717, 1.165) is 12.8 Å². The number of hydrogen-bond donors (Lipinski definition) is 2. The fraction of sp³-hybridized carbons (Fsp3) is 0.952. The SMILES string of the molecule is CC(O)C[NH3+].CCCCCCCCCCCCCCCC(C)C(=O)[O-]. The zero-order valence-electron chi connectivity index (χ0n) is 17.2. The molecule has 4 N–H and O–H groups in total. The Morgan fingerprint density at radius 1 is 0.840 bits per heavy atom. The number of unbranched alkanes of at least 4 members (excludes halogenated alkanes) is 12. The first kappa shape index (κ1) is 26.6. The number of carboxylic acids is 1. The Morgan fingerprint density at radius 2 is 1.16 bits per heavy atom. The van der Waals surface area contributed by atoms with Gasteiger partial charge in [-0.3, -0.25) is 0 Å². The van der Waals surface area contributed by atoms with Gasteiger partial charge in [-0.2, -0.15) is 0 Å². The zero-order chi connectivity index (χ0) is 19.3. The Labute approximate surface area is 156 Å². The van der Waals surface area contributed by atoms with Gasteiger partial charge >= 0.3 is 0 Å². The molecular formula is C21H45NO3. The number of hydrogen-bond acceptors (Lipinski definition) is 3. The molecule has 0 aromatic heterocycles. The van der Waals surface area contributed by atoms with Gasteiger partial charge in [-0.1, -0.05) is 97.3 Å². The van der Waals surface area contributed by atoms with E-state index in [9.17, 15) is 9.90 Å². The lowest BCUT2D eigenvalue weighted by molar-refractivity contribution is -0.382. The maximum Gasteiger partial charge on any atom is 0.100 e. The maximum atomic E-state index is 10.5. The van der Waals surface area contributed by atoms with Crippen LogP contribution in [0.1, 0.15) is 111 Å². The molecule has 0 saturated carbocycles. The predicted octanol–water partition coefficient (Wildman–Crippen LogP) is 3.46. The van der Waals surface area contributed by atoms with E-state index in [1.165, 1.54) is 77.0 Å².